The highest BCUT2D eigenvalue weighted by molar-refractivity contribution is 6.74. The first-order valence-electron chi connectivity index (χ1n) is 18.8. The first-order valence-corrected chi connectivity index (χ1v) is 21.7. The van der Waals surface area contributed by atoms with Crippen LogP contribution >= 0.6 is 0 Å². The van der Waals surface area contributed by atoms with E-state index in [1.54, 1.807) is 0 Å². The van der Waals surface area contributed by atoms with Gasteiger partial charge in [0.1, 0.15) is 23.5 Å². The topological polar surface area (TPSA) is 81.7 Å². The minimum Gasteiger partial charge on any atom is -0.494 e. The summed E-state index contributed by atoms with van der Waals surface area (Å²) in [7, 11) is -2.13. The molecule has 3 aliphatic rings. The molecule has 4 rings (SSSR count). The molecule has 1 aliphatic carbocycles. The van der Waals surface area contributed by atoms with Crippen LogP contribution in [-0.4, -0.2) is 65.8 Å². The van der Waals surface area contributed by atoms with Crippen LogP contribution in [0.15, 0.2) is 36.1 Å². The van der Waals surface area contributed by atoms with Crippen LogP contribution in [0.3, 0.4) is 0 Å². The molecular formula is C39H64O8Si. The van der Waals surface area contributed by atoms with E-state index in [1.807, 2.05) is 24.3 Å². The zero-order chi connectivity index (χ0) is 34.4. The molecule has 1 aromatic carbocycles. The Labute approximate surface area is 291 Å². The van der Waals surface area contributed by atoms with Gasteiger partial charge in [-0.05, 0) is 93.4 Å². The Morgan fingerprint density at radius 2 is 1.52 bits per heavy atom. The third kappa shape index (κ3) is 11.9. The lowest BCUT2D eigenvalue weighted by Crippen LogP contribution is -2.45. The maximum atomic E-state index is 12.2. The maximum Gasteiger partial charge on any atom is 0.199 e. The van der Waals surface area contributed by atoms with Crippen molar-refractivity contribution >= 4 is 14.6 Å². The van der Waals surface area contributed by atoms with Gasteiger partial charge in [-0.25, -0.2) is 0 Å². The van der Waals surface area contributed by atoms with Crippen LogP contribution in [0.4, 0.5) is 0 Å². The fourth-order valence-electron chi connectivity index (χ4n) is 6.65. The molecule has 2 heterocycles. The standard InChI is InChI=1S/C39H64O8Si/c1-7-8-9-12-25-41-30-19-21-31(22-20-30)42-28-15-16-33(45-36-17-10-13-26-43-36)38-32(23-24-40)34(47-48(5,6)39(2,3)4)29-35(38)46-37-18-11-14-27-44-37/h16,19-22,24,32,34-38H,7-15,17-18,23,25-29H2,1-6H3/b33-16+/t32-,34-,35+,36?,37?,38-/m1/s1. The molecule has 2 aliphatic heterocycles. The minimum atomic E-state index is -2.13. The van der Waals surface area contributed by atoms with Crippen LogP contribution in [0, 0.1) is 11.8 Å². The summed E-state index contributed by atoms with van der Waals surface area (Å²) in [6.45, 7) is 16.2. The molecule has 0 aromatic heterocycles. The Morgan fingerprint density at radius 1 is 0.875 bits per heavy atom. The number of carbonyl (C=O) groups is 1. The van der Waals surface area contributed by atoms with Crippen molar-refractivity contribution in [3.63, 3.8) is 0 Å². The molecule has 1 saturated carbocycles. The summed E-state index contributed by atoms with van der Waals surface area (Å²) in [5.41, 5.74) is 0. The SMILES string of the molecule is CCCCCCOc1ccc(OCC/C=C(/OC2CCCCO2)[C@H]2[C@H](CC=O)[C@H](O[Si](C)(C)C(C)(C)C)C[C@@H]2OC2CCCCO2)cc1. The van der Waals surface area contributed by atoms with Crippen molar-refractivity contribution in [2.24, 2.45) is 11.8 Å². The summed E-state index contributed by atoms with van der Waals surface area (Å²) in [6.07, 6.45) is 14.7. The van der Waals surface area contributed by atoms with Crippen LogP contribution in [-0.2, 0) is 28.2 Å². The Balaban J connectivity index is 1.51. The molecule has 48 heavy (non-hydrogen) atoms. The molecule has 6 atom stereocenters. The largest absolute Gasteiger partial charge is 0.494 e. The molecule has 0 bridgehead atoms. The Morgan fingerprint density at radius 3 is 2.10 bits per heavy atom. The predicted octanol–water partition coefficient (Wildman–Crippen LogP) is 9.37. The van der Waals surface area contributed by atoms with E-state index < -0.39 is 8.32 Å². The smallest absolute Gasteiger partial charge is 0.199 e. The third-order valence-corrected chi connectivity index (χ3v) is 14.9. The molecule has 8 nitrogen and oxygen atoms in total. The zero-order valence-electron chi connectivity index (χ0n) is 30.7. The minimum absolute atomic E-state index is 0.0427. The van der Waals surface area contributed by atoms with E-state index >= 15 is 0 Å². The summed E-state index contributed by atoms with van der Waals surface area (Å²) in [5, 5.41) is 0.0427. The molecule has 0 radical (unpaired) electrons. The van der Waals surface area contributed by atoms with Gasteiger partial charge in [0.15, 0.2) is 20.9 Å². The molecule has 272 valence electrons. The van der Waals surface area contributed by atoms with Crippen LogP contribution in [0.2, 0.25) is 18.1 Å². The number of carbonyl (C=O) groups excluding carboxylic acids is 1. The van der Waals surface area contributed by atoms with Crippen molar-refractivity contribution in [3.05, 3.63) is 36.1 Å². The van der Waals surface area contributed by atoms with Crippen molar-refractivity contribution in [1.29, 1.82) is 0 Å². The van der Waals surface area contributed by atoms with Gasteiger partial charge in [-0.15, -0.1) is 0 Å². The number of aldehydes is 1. The average Bonchev–Trinajstić information content (AvgIpc) is 3.38. The summed E-state index contributed by atoms with van der Waals surface area (Å²) in [5.74, 6) is 2.27. The van der Waals surface area contributed by atoms with Crippen molar-refractivity contribution in [2.45, 2.75) is 154 Å². The number of hydrogen-bond acceptors (Lipinski definition) is 8. The second-order valence-electron chi connectivity index (χ2n) is 15.3. The molecular weight excluding hydrogens is 625 g/mol. The predicted molar refractivity (Wildman–Crippen MR) is 192 cm³/mol. The molecule has 0 amide bonds. The van der Waals surface area contributed by atoms with E-state index in [2.05, 4.69) is 46.9 Å². The van der Waals surface area contributed by atoms with Crippen LogP contribution in [0.5, 0.6) is 11.5 Å². The van der Waals surface area contributed by atoms with Gasteiger partial charge in [-0.2, -0.15) is 0 Å². The zero-order valence-corrected chi connectivity index (χ0v) is 31.7. The van der Waals surface area contributed by atoms with Crippen LogP contribution in [0.1, 0.15) is 111 Å². The molecule has 2 saturated heterocycles. The monoisotopic (exact) mass is 688 g/mol. The summed E-state index contributed by atoms with van der Waals surface area (Å²) in [4.78, 5) is 12.2. The average molecular weight is 689 g/mol. The fraction of sp³-hybridized carbons (Fsp3) is 0.769. The van der Waals surface area contributed by atoms with E-state index in [9.17, 15) is 4.79 Å². The Bertz CT molecular complexity index is 1090. The Hall–Kier alpha value is -1.91. The van der Waals surface area contributed by atoms with Crippen LogP contribution in [0.25, 0.3) is 0 Å². The van der Waals surface area contributed by atoms with E-state index in [0.717, 1.165) is 75.1 Å². The van der Waals surface area contributed by atoms with Crippen molar-refractivity contribution in [1.82, 2.24) is 0 Å². The molecule has 0 N–H and O–H groups in total. The van der Waals surface area contributed by atoms with Crippen LogP contribution < -0.4 is 9.47 Å². The number of hydrogen-bond donors (Lipinski definition) is 0. The highest BCUT2D eigenvalue weighted by atomic mass is 28.4. The molecule has 3 fully saturated rings. The van der Waals surface area contributed by atoms with Crippen molar-refractivity contribution in [2.75, 3.05) is 26.4 Å². The van der Waals surface area contributed by atoms with Gasteiger partial charge < -0.3 is 37.6 Å². The summed E-state index contributed by atoms with van der Waals surface area (Å²) >= 11 is 0. The Kier molecular flexibility index (Phi) is 15.8. The highest BCUT2D eigenvalue weighted by Gasteiger charge is 2.51. The van der Waals surface area contributed by atoms with E-state index in [1.165, 1.54) is 19.3 Å². The second kappa shape index (κ2) is 19.5. The lowest BCUT2D eigenvalue weighted by Gasteiger charge is -2.40. The first-order chi connectivity index (χ1) is 23.1. The maximum absolute atomic E-state index is 12.2. The normalized spacial score (nSPS) is 27.1. The third-order valence-electron chi connectivity index (χ3n) is 10.4. The molecule has 2 unspecified atom stereocenters. The molecule has 0 spiro atoms. The second-order valence-corrected chi connectivity index (χ2v) is 20.0. The van der Waals surface area contributed by atoms with Gasteiger partial charge in [0.05, 0.1) is 32.0 Å². The first kappa shape index (κ1) is 38.9. The van der Waals surface area contributed by atoms with Crippen molar-refractivity contribution in [3.8, 4) is 11.5 Å². The van der Waals surface area contributed by atoms with E-state index in [-0.39, 0.29) is 41.7 Å². The van der Waals surface area contributed by atoms with Gasteiger partial charge in [0.2, 0.25) is 0 Å². The van der Waals surface area contributed by atoms with Crippen molar-refractivity contribution < 1.29 is 37.6 Å². The molecule has 1 aromatic rings. The van der Waals surface area contributed by atoms with E-state index in [0.29, 0.717) is 39.1 Å². The fourth-order valence-corrected chi connectivity index (χ4v) is 8.03. The van der Waals surface area contributed by atoms with Gasteiger partial charge in [-0.1, -0.05) is 47.0 Å². The number of ether oxygens (including phenoxy) is 6. The number of rotatable bonds is 19. The van der Waals surface area contributed by atoms with E-state index in [4.69, 9.17) is 32.8 Å². The summed E-state index contributed by atoms with van der Waals surface area (Å²) < 4.78 is 44.7. The summed E-state index contributed by atoms with van der Waals surface area (Å²) in [6, 6.07) is 7.87. The number of benzene rings is 1. The van der Waals surface area contributed by atoms with Gasteiger partial charge in [0, 0.05) is 37.7 Å². The number of unbranched alkanes of at least 4 members (excludes halogenated alkanes) is 3. The highest BCUT2D eigenvalue weighted by Crippen LogP contribution is 2.48. The van der Waals surface area contributed by atoms with Gasteiger partial charge in [-0.3, -0.25) is 0 Å². The molecule has 9 heteroatoms. The lowest BCUT2D eigenvalue weighted by molar-refractivity contribution is -0.201. The lowest BCUT2D eigenvalue weighted by atomic mass is 9.88. The van der Waals surface area contributed by atoms with Gasteiger partial charge >= 0.3 is 0 Å². The van der Waals surface area contributed by atoms with Gasteiger partial charge in [0.25, 0.3) is 0 Å². The quantitative estimate of drug-likeness (QED) is 0.0616.